The highest BCUT2D eigenvalue weighted by atomic mass is 16.3. The molecule has 11 rings (SSSR count). The highest BCUT2D eigenvalue weighted by molar-refractivity contribution is 6.24. The standard InChI is InChI=1S/C50H30N2O/c1-2-16-36-31(13-1)14-11-23-37(36)34-27-33(32-15-12-26-51-30-32)28-35(29-34)46-38-17-3-5-19-40(38)47(41-20-6-4-18-39(41)46)50-48-42-21-7-9-24-44(42)52-49(48)43-22-8-10-25-45(43)53-50/h1-30H. The number of fused-ring (bicyclic) bond motifs is 8. The number of benzene rings is 8. The molecule has 0 unspecified atom stereocenters. The Bertz CT molecular complexity index is 3110. The highest BCUT2D eigenvalue weighted by Gasteiger charge is 2.27. The molecule has 3 heteroatoms. The molecule has 9 aromatic rings. The van der Waals surface area contributed by atoms with Crippen LogP contribution >= 0.6 is 0 Å². The summed E-state index contributed by atoms with van der Waals surface area (Å²) in [5.41, 5.74) is 11.8. The quantitative estimate of drug-likeness (QED) is 0.174. The monoisotopic (exact) mass is 674 g/mol. The number of hydrogen-bond acceptors (Lipinski definition) is 3. The molecule has 3 heterocycles. The Kier molecular flexibility index (Phi) is 6.55. The molecule has 246 valence electrons. The van der Waals surface area contributed by atoms with Crippen molar-refractivity contribution >= 4 is 54.2 Å². The van der Waals surface area contributed by atoms with Crippen molar-refractivity contribution in [3.05, 3.63) is 182 Å². The summed E-state index contributed by atoms with van der Waals surface area (Å²) < 4.78 is 7.04. The van der Waals surface area contributed by atoms with E-state index in [1.165, 1.54) is 21.9 Å². The zero-order valence-electron chi connectivity index (χ0n) is 28.6. The van der Waals surface area contributed by atoms with Crippen LogP contribution in [-0.4, -0.2) is 9.97 Å². The summed E-state index contributed by atoms with van der Waals surface area (Å²) in [6.07, 6.45) is 3.79. The summed E-state index contributed by atoms with van der Waals surface area (Å²) in [7, 11) is 0. The van der Waals surface area contributed by atoms with Crippen LogP contribution in [0, 0.1) is 0 Å². The van der Waals surface area contributed by atoms with Crippen LogP contribution in [0.15, 0.2) is 187 Å². The lowest BCUT2D eigenvalue weighted by molar-refractivity contribution is 0.623. The van der Waals surface area contributed by atoms with Crippen LogP contribution in [0.3, 0.4) is 0 Å². The maximum Gasteiger partial charge on any atom is 0.146 e. The minimum Gasteiger partial charge on any atom is -0.455 e. The summed E-state index contributed by atoms with van der Waals surface area (Å²) in [6.45, 7) is 0. The lowest BCUT2D eigenvalue weighted by Gasteiger charge is -2.20. The van der Waals surface area contributed by atoms with Crippen LogP contribution < -0.4 is 0 Å². The fraction of sp³-hybridized carbons (Fsp3) is 0. The van der Waals surface area contributed by atoms with Crippen LogP contribution in [0.1, 0.15) is 0 Å². The maximum atomic E-state index is 7.04. The van der Waals surface area contributed by atoms with E-state index in [-0.39, 0.29) is 0 Å². The zero-order chi connectivity index (χ0) is 34.9. The van der Waals surface area contributed by atoms with E-state index in [1.54, 1.807) is 0 Å². The molecule has 2 aliphatic heterocycles. The van der Waals surface area contributed by atoms with Crippen molar-refractivity contribution in [1.29, 1.82) is 0 Å². The van der Waals surface area contributed by atoms with Gasteiger partial charge in [0.1, 0.15) is 11.3 Å². The summed E-state index contributed by atoms with van der Waals surface area (Å²) in [5, 5.41) is 9.14. The van der Waals surface area contributed by atoms with Gasteiger partial charge in [-0.2, -0.15) is 0 Å². The van der Waals surface area contributed by atoms with Gasteiger partial charge in [0.2, 0.25) is 0 Å². The first kappa shape index (κ1) is 29.6. The fourth-order valence-corrected chi connectivity index (χ4v) is 8.39. The van der Waals surface area contributed by atoms with Gasteiger partial charge in [0.05, 0.1) is 16.8 Å². The van der Waals surface area contributed by atoms with Gasteiger partial charge in [-0.05, 0) is 103 Å². The Morgan fingerprint density at radius 3 is 1.75 bits per heavy atom. The molecule has 0 atom stereocenters. The highest BCUT2D eigenvalue weighted by Crippen LogP contribution is 2.50. The summed E-state index contributed by atoms with van der Waals surface area (Å²) in [5.74, 6) is 0.840. The summed E-state index contributed by atoms with van der Waals surface area (Å²) in [4.78, 5) is 9.70. The van der Waals surface area contributed by atoms with Crippen LogP contribution in [0.4, 0.5) is 0 Å². The Labute approximate surface area is 305 Å². The average Bonchev–Trinajstić information content (AvgIpc) is 3.63. The molecule has 0 radical (unpaired) electrons. The van der Waals surface area contributed by atoms with E-state index in [1.807, 2.05) is 24.5 Å². The molecule has 8 aromatic carbocycles. The predicted molar refractivity (Wildman–Crippen MR) is 220 cm³/mol. The van der Waals surface area contributed by atoms with E-state index in [4.69, 9.17) is 9.40 Å². The molecular formula is C50H30N2O. The second-order valence-corrected chi connectivity index (χ2v) is 13.7. The van der Waals surface area contributed by atoms with Gasteiger partial charge in [-0.3, -0.25) is 4.98 Å². The van der Waals surface area contributed by atoms with Crippen LogP contribution in [0.25, 0.3) is 110 Å². The van der Waals surface area contributed by atoms with Crippen LogP contribution in [0.5, 0.6) is 0 Å². The summed E-state index contributed by atoms with van der Waals surface area (Å²) in [6, 6.07) is 60.6. The van der Waals surface area contributed by atoms with Gasteiger partial charge < -0.3 is 4.42 Å². The van der Waals surface area contributed by atoms with Gasteiger partial charge in [-0.15, -0.1) is 0 Å². The first-order chi connectivity index (χ1) is 26.3. The third kappa shape index (κ3) is 4.61. The smallest absolute Gasteiger partial charge is 0.146 e. The molecule has 2 aliphatic rings. The molecule has 0 fully saturated rings. The van der Waals surface area contributed by atoms with E-state index >= 15 is 0 Å². The van der Waals surface area contributed by atoms with Crippen molar-refractivity contribution in [2.45, 2.75) is 0 Å². The normalized spacial score (nSPS) is 11.8. The molecular weight excluding hydrogens is 645 g/mol. The molecule has 0 spiro atoms. The van der Waals surface area contributed by atoms with Crippen molar-refractivity contribution in [3.8, 4) is 56.0 Å². The predicted octanol–water partition coefficient (Wildman–Crippen LogP) is 13.6. The van der Waals surface area contributed by atoms with E-state index in [2.05, 4.69) is 163 Å². The van der Waals surface area contributed by atoms with Gasteiger partial charge >= 0.3 is 0 Å². The van der Waals surface area contributed by atoms with Crippen LogP contribution in [0.2, 0.25) is 0 Å². The van der Waals surface area contributed by atoms with E-state index in [0.29, 0.717) is 0 Å². The van der Waals surface area contributed by atoms with E-state index in [0.717, 1.165) is 88.3 Å². The fourth-order valence-electron chi connectivity index (χ4n) is 8.39. The molecule has 0 aliphatic carbocycles. The summed E-state index contributed by atoms with van der Waals surface area (Å²) >= 11 is 0. The van der Waals surface area contributed by atoms with Crippen molar-refractivity contribution in [2.75, 3.05) is 0 Å². The SMILES string of the molecule is c1cncc(-c2cc(-c3cccc4ccccc34)cc(-c3c4ccccc4c(-c4oc5ccccc5c5nc6ccccc6c4-5)c4ccccc34)c2)c1. The molecule has 3 nitrogen and oxygen atoms in total. The number of aromatic nitrogens is 2. The molecule has 1 aromatic heterocycles. The molecule has 0 N–H and O–H groups in total. The van der Waals surface area contributed by atoms with Crippen molar-refractivity contribution in [2.24, 2.45) is 0 Å². The van der Waals surface area contributed by atoms with Crippen molar-refractivity contribution in [1.82, 2.24) is 9.97 Å². The third-order valence-corrected chi connectivity index (χ3v) is 10.7. The lowest BCUT2D eigenvalue weighted by Crippen LogP contribution is -1.94. The van der Waals surface area contributed by atoms with Crippen molar-refractivity contribution < 1.29 is 4.42 Å². The largest absolute Gasteiger partial charge is 0.455 e. The Balaban J connectivity index is 1.27. The minimum absolute atomic E-state index is 0.818. The molecule has 0 bridgehead atoms. The second kappa shape index (κ2) is 11.7. The maximum absolute atomic E-state index is 7.04. The van der Waals surface area contributed by atoms with E-state index in [9.17, 15) is 0 Å². The van der Waals surface area contributed by atoms with Gasteiger partial charge in [0.15, 0.2) is 0 Å². The van der Waals surface area contributed by atoms with Gasteiger partial charge in [0.25, 0.3) is 0 Å². The third-order valence-electron chi connectivity index (χ3n) is 10.7. The first-order valence-electron chi connectivity index (χ1n) is 18.0. The van der Waals surface area contributed by atoms with Crippen molar-refractivity contribution in [3.63, 3.8) is 0 Å². The average molecular weight is 675 g/mol. The Hall–Kier alpha value is -7.10. The topological polar surface area (TPSA) is 38.9 Å². The lowest BCUT2D eigenvalue weighted by atomic mass is 9.84. The number of para-hydroxylation sites is 2. The molecule has 0 saturated carbocycles. The Morgan fingerprint density at radius 2 is 1.00 bits per heavy atom. The minimum atomic E-state index is 0.818. The first-order valence-corrected chi connectivity index (χ1v) is 18.0. The van der Waals surface area contributed by atoms with Gasteiger partial charge in [-0.25, -0.2) is 4.98 Å². The van der Waals surface area contributed by atoms with Gasteiger partial charge in [-0.1, -0.05) is 127 Å². The van der Waals surface area contributed by atoms with Crippen LogP contribution in [-0.2, 0) is 0 Å². The number of rotatable bonds is 4. The van der Waals surface area contributed by atoms with Gasteiger partial charge in [0, 0.05) is 34.3 Å². The second-order valence-electron chi connectivity index (χ2n) is 13.7. The Morgan fingerprint density at radius 1 is 0.396 bits per heavy atom. The zero-order valence-corrected chi connectivity index (χ0v) is 28.6. The molecule has 0 amide bonds. The molecule has 0 saturated heterocycles. The molecule has 53 heavy (non-hydrogen) atoms. The number of nitrogens with zero attached hydrogens (tertiary/aromatic N) is 2. The number of pyridine rings is 1. The number of hydrogen-bond donors (Lipinski definition) is 0. The van der Waals surface area contributed by atoms with E-state index < -0.39 is 0 Å².